The maximum atomic E-state index is 11.7. The van der Waals surface area contributed by atoms with E-state index in [2.05, 4.69) is 4.98 Å². The predicted octanol–water partition coefficient (Wildman–Crippen LogP) is -2.05. The molecule has 2 aliphatic heterocycles. The first kappa shape index (κ1) is 12.5. The minimum absolute atomic E-state index is 0.0734. The van der Waals surface area contributed by atoms with Gasteiger partial charge in [0.15, 0.2) is 0 Å². The maximum Gasteiger partial charge on any atom is 0.330 e. The average Bonchev–Trinajstić information content (AvgIpc) is 2.59. The monoisotopic (exact) mass is 270 g/mol. The van der Waals surface area contributed by atoms with Crippen molar-refractivity contribution in [2.24, 2.45) is 0 Å². The molecule has 2 bridgehead atoms. The van der Waals surface area contributed by atoms with Gasteiger partial charge < -0.3 is 19.7 Å². The molecule has 8 heteroatoms. The van der Waals surface area contributed by atoms with Crippen molar-refractivity contribution in [1.82, 2.24) is 9.55 Å². The van der Waals surface area contributed by atoms with Crippen LogP contribution in [0.1, 0.15) is 12.6 Å². The van der Waals surface area contributed by atoms with Gasteiger partial charge in [0.2, 0.25) is 0 Å². The fourth-order valence-corrected chi connectivity index (χ4v) is 2.58. The van der Waals surface area contributed by atoms with Crippen molar-refractivity contribution in [3.63, 3.8) is 0 Å². The summed E-state index contributed by atoms with van der Waals surface area (Å²) in [6.45, 7) is -0.330. The van der Waals surface area contributed by atoms with Crippen molar-refractivity contribution in [2.45, 2.75) is 30.5 Å². The number of ether oxygens (including phenoxy) is 2. The lowest BCUT2D eigenvalue weighted by Crippen LogP contribution is -2.55. The Hall–Kier alpha value is -1.48. The number of aliphatic hydroxyl groups is 2. The quantitative estimate of drug-likeness (QED) is 0.570. The van der Waals surface area contributed by atoms with Crippen LogP contribution in [0.15, 0.2) is 21.9 Å². The molecule has 0 radical (unpaired) electrons. The Morgan fingerprint density at radius 1 is 1.53 bits per heavy atom. The minimum atomic E-state index is -1.21. The van der Waals surface area contributed by atoms with Gasteiger partial charge in [-0.3, -0.25) is 14.3 Å². The molecule has 2 fully saturated rings. The van der Waals surface area contributed by atoms with Crippen molar-refractivity contribution in [3.05, 3.63) is 33.1 Å². The Labute approximate surface area is 107 Å². The molecule has 2 saturated heterocycles. The van der Waals surface area contributed by atoms with Crippen LogP contribution in [0.5, 0.6) is 0 Å². The second-order valence-corrected chi connectivity index (χ2v) is 4.84. The lowest BCUT2D eigenvalue weighted by Gasteiger charge is -2.39. The second-order valence-electron chi connectivity index (χ2n) is 4.84. The van der Waals surface area contributed by atoms with Crippen LogP contribution in [0.2, 0.25) is 0 Å². The van der Waals surface area contributed by atoms with E-state index < -0.39 is 41.9 Å². The lowest BCUT2D eigenvalue weighted by molar-refractivity contribution is -0.208. The first-order valence-corrected chi connectivity index (χ1v) is 5.95. The van der Waals surface area contributed by atoms with Crippen molar-refractivity contribution in [3.8, 4) is 0 Å². The van der Waals surface area contributed by atoms with E-state index in [1.165, 1.54) is 16.8 Å². The Balaban J connectivity index is 1.96. The van der Waals surface area contributed by atoms with Gasteiger partial charge in [-0.1, -0.05) is 0 Å². The molecule has 0 spiro atoms. The highest BCUT2D eigenvalue weighted by Gasteiger charge is 2.56. The molecule has 1 aromatic rings. The molecule has 4 atom stereocenters. The number of fused-ring (bicyclic) bond motifs is 2. The minimum Gasteiger partial charge on any atom is -0.393 e. The van der Waals surface area contributed by atoms with Crippen LogP contribution in [0.3, 0.4) is 0 Å². The molecule has 0 saturated carbocycles. The number of aliphatic hydroxyl groups excluding tert-OH is 2. The number of nitrogens with one attached hydrogen (secondary N) is 1. The van der Waals surface area contributed by atoms with Gasteiger partial charge in [-0.25, -0.2) is 4.79 Å². The van der Waals surface area contributed by atoms with Gasteiger partial charge in [-0.15, -0.1) is 0 Å². The van der Waals surface area contributed by atoms with Crippen molar-refractivity contribution < 1.29 is 19.7 Å². The van der Waals surface area contributed by atoms with Gasteiger partial charge in [0.1, 0.15) is 17.9 Å². The standard InChI is InChI=1S/C11H14N2O6/c14-4-11-5-18-6(9(11)16)3-8(19-11)13-2-1-7(15)12-10(13)17/h1-2,6,8-9,14,16H,3-5H2,(H,12,15,17)/t6?,8-,9+,11+/m1/s1. The highest BCUT2D eigenvalue weighted by Crippen LogP contribution is 2.40. The van der Waals surface area contributed by atoms with E-state index in [0.717, 1.165) is 0 Å². The predicted molar refractivity (Wildman–Crippen MR) is 61.6 cm³/mol. The molecule has 1 unspecified atom stereocenters. The third kappa shape index (κ3) is 1.84. The molecular formula is C11H14N2O6. The largest absolute Gasteiger partial charge is 0.393 e. The third-order valence-electron chi connectivity index (χ3n) is 3.67. The first-order chi connectivity index (χ1) is 9.05. The van der Waals surface area contributed by atoms with E-state index in [0.29, 0.717) is 0 Å². The molecule has 3 N–H and O–H groups in total. The van der Waals surface area contributed by atoms with Crippen molar-refractivity contribution >= 4 is 0 Å². The molecule has 0 amide bonds. The number of hydrogen-bond acceptors (Lipinski definition) is 6. The average molecular weight is 270 g/mol. The van der Waals surface area contributed by atoms with Crippen LogP contribution in [-0.2, 0) is 9.47 Å². The zero-order chi connectivity index (χ0) is 13.6. The molecule has 0 aliphatic carbocycles. The van der Waals surface area contributed by atoms with Crippen LogP contribution < -0.4 is 11.2 Å². The van der Waals surface area contributed by atoms with E-state index >= 15 is 0 Å². The molecule has 19 heavy (non-hydrogen) atoms. The molecule has 104 valence electrons. The van der Waals surface area contributed by atoms with Crippen LogP contribution in [-0.4, -0.2) is 50.8 Å². The van der Waals surface area contributed by atoms with Gasteiger partial charge in [0.25, 0.3) is 5.56 Å². The third-order valence-corrected chi connectivity index (χ3v) is 3.67. The van der Waals surface area contributed by atoms with E-state index in [1.54, 1.807) is 0 Å². The summed E-state index contributed by atoms with van der Waals surface area (Å²) < 4.78 is 12.2. The van der Waals surface area contributed by atoms with Gasteiger partial charge in [-0.05, 0) is 0 Å². The summed E-state index contributed by atoms with van der Waals surface area (Å²) in [4.78, 5) is 24.9. The van der Waals surface area contributed by atoms with Crippen LogP contribution in [0, 0.1) is 0 Å². The Morgan fingerprint density at radius 3 is 3.00 bits per heavy atom. The summed E-state index contributed by atoms with van der Waals surface area (Å²) in [5, 5.41) is 19.4. The Kier molecular flexibility index (Phi) is 2.82. The Morgan fingerprint density at radius 2 is 2.32 bits per heavy atom. The fourth-order valence-electron chi connectivity index (χ4n) is 2.58. The number of hydrogen-bond donors (Lipinski definition) is 3. The van der Waals surface area contributed by atoms with E-state index in [1.807, 2.05) is 0 Å². The molecular weight excluding hydrogens is 256 g/mol. The maximum absolute atomic E-state index is 11.7. The summed E-state index contributed by atoms with van der Waals surface area (Å²) in [7, 11) is 0. The molecule has 8 nitrogen and oxygen atoms in total. The normalized spacial score (nSPS) is 37.5. The van der Waals surface area contributed by atoms with E-state index in [-0.39, 0.29) is 13.0 Å². The second kappa shape index (κ2) is 4.27. The highest BCUT2D eigenvalue weighted by atomic mass is 16.6. The summed E-state index contributed by atoms with van der Waals surface area (Å²) >= 11 is 0. The zero-order valence-corrected chi connectivity index (χ0v) is 9.98. The summed E-state index contributed by atoms with van der Waals surface area (Å²) in [5.41, 5.74) is -2.29. The molecule has 3 rings (SSSR count). The molecule has 1 aromatic heterocycles. The molecule has 2 aliphatic rings. The van der Waals surface area contributed by atoms with Gasteiger partial charge >= 0.3 is 5.69 Å². The van der Waals surface area contributed by atoms with E-state index in [9.17, 15) is 19.8 Å². The number of rotatable bonds is 2. The van der Waals surface area contributed by atoms with Crippen LogP contribution in [0.25, 0.3) is 0 Å². The van der Waals surface area contributed by atoms with Crippen LogP contribution >= 0.6 is 0 Å². The molecule has 0 aromatic carbocycles. The summed E-state index contributed by atoms with van der Waals surface area (Å²) in [6.07, 6.45) is -0.507. The zero-order valence-electron chi connectivity index (χ0n) is 9.98. The smallest absolute Gasteiger partial charge is 0.330 e. The highest BCUT2D eigenvalue weighted by molar-refractivity contribution is 5.03. The first-order valence-electron chi connectivity index (χ1n) is 5.95. The van der Waals surface area contributed by atoms with Gasteiger partial charge in [0.05, 0.1) is 19.3 Å². The number of aromatic amines is 1. The Bertz CT molecular complexity index is 595. The van der Waals surface area contributed by atoms with Gasteiger partial charge in [-0.2, -0.15) is 0 Å². The van der Waals surface area contributed by atoms with E-state index in [4.69, 9.17) is 9.47 Å². The number of aromatic nitrogens is 2. The number of nitrogens with zero attached hydrogens (tertiary/aromatic N) is 1. The van der Waals surface area contributed by atoms with Crippen LogP contribution in [0.4, 0.5) is 0 Å². The number of H-pyrrole nitrogens is 1. The summed E-state index contributed by atoms with van der Waals surface area (Å²) in [5.74, 6) is 0. The topological polar surface area (TPSA) is 114 Å². The lowest BCUT2D eigenvalue weighted by atomic mass is 9.92. The molecule has 3 heterocycles. The van der Waals surface area contributed by atoms with Crippen molar-refractivity contribution in [1.29, 1.82) is 0 Å². The summed E-state index contributed by atoms with van der Waals surface area (Å²) in [6, 6.07) is 1.21. The van der Waals surface area contributed by atoms with Gasteiger partial charge in [0, 0.05) is 18.7 Å². The fraction of sp³-hybridized carbons (Fsp3) is 0.636. The van der Waals surface area contributed by atoms with Crippen molar-refractivity contribution in [2.75, 3.05) is 13.2 Å². The SMILES string of the molecule is O=c1ccn([C@H]2CC3OC[C@](CO)(O2)[C@H]3O)c(=O)[nH]1.